The number of ether oxygens (including phenoxy) is 2. The minimum Gasteiger partial charge on any atom is -0.493 e. The molecule has 0 aliphatic heterocycles. The van der Waals surface area contributed by atoms with Crippen LogP contribution in [0.2, 0.25) is 5.02 Å². The number of rotatable bonds is 5. The molecule has 0 fully saturated rings. The lowest BCUT2D eigenvalue weighted by Crippen LogP contribution is -2.09. The molecule has 112 valence electrons. The maximum Gasteiger partial charge on any atom is 0.162 e. The van der Waals surface area contributed by atoms with Gasteiger partial charge in [-0.05, 0) is 13.0 Å². The second-order valence-corrected chi connectivity index (χ2v) is 4.98. The fourth-order valence-corrected chi connectivity index (χ4v) is 2.31. The molecule has 2 rings (SSSR count). The Kier molecular flexibility index (Phi) is 4.91. The Morgan fingerprint density at radius 2 is 1.71 bits per heavy atom. The quantitative estimate of drug-likeness (QED) is 0.870. The molecule has 3 nitrogen and oxygen atoms in total. The molecule has 1 atom stereocenters. The highest BCUT2D eigenvalue weighted by atomic mass is 35.5. The van der Waals surface area contributed by atoms with Crippen LogP contribution in [0, 0.1) is 5.82 Å². The van der Waals surface area contributed by atoms with Gasteiger partial charge in [-0.3, -0.25) is 0 Å². The molecule has 0 saturated heterocycles. The summed E-state index contributed by atoms with van der Waals surface area (Å²) in [5, 5.41) is 3.67. The highest BCUT2D eigenvalue weighted by Gasteiger charge is 2.14. The van der Waals surface area contributed by atoms with Gasteiger partial charge in [0.05, 0.1) is 31.0 Å². The van der Waals surface area contributed by atoms with E-state index in [2.05, 4.69) is 5.32 Å². The lowest BCUT2D eigenvalue weighted by Gasteiger charge is -2.19. The summed E-state index contributed by atoms with van der Waals surface area (Å²) >= 11 is 6.22. The minimum atomic E-state index is -0.255. The summed E-state index contributed by atoms with van der Waals surface area (Å²) in [7, 11) is 3.10. The van der Waals surface area contributed by atoms with E-state index in [9.17, 15) is 4.39 Å². The Morgan fingerprint density at radius 1 is 1.10 bits per heavy atom. The molecule has 0 aromatic heterocycles. The van der Waals surface area contributed by atoms with Gasteiger partial charge in [0.1, 0.15) is 5.82 Å². The molecular formula is C16H17ClFNO2. The smallest absolute Gasteiger partial charge is 0.162 e. The van der Waals surface area contributed by atoms with Crippen LogP contribution in [0.5, 0.6) is 11.5 Å². The van der Waals surface area contributed by atoms with Crippen LogP contribution in [0.4, 0.5) is 10.1 Å². The van der Waals surface area contributed by atoms with Crippen molar-refractivity contribution in [2.45, 2.75) is 13.0 Å². The Labute approximate surface area is 128 Å². The van der Waals surface area contributed by atoms with Gasteiger partial charge in [-0.2, -0.15) is 0 Å². The van der Waals surface area contributed by atoms with Crippen LogP contribution in [0.25, 0.3) is 0 Å². The second-order valence-electron chi connectivity index (χ2n) is 4.57. The fraction of sp³-hybridized carbons (Fsp3) is 0.250. The first-order chi connectivity index (χ1) is 10.1. The zero-order valence-electron chi connectivity index (χ0n) is 12.1. The van der Waals surface area contributed by atoms with Crippen molar-refractivity contribution in [1.82, 2.24) is 0 Å². The van der Waals surface area contributed by atoms with Crippen LogP contribution >= 0.6 is 11.6 Å². The third-order valence-corrected chi connectivity index (χ3v) is 3.53. The molecule has 1 unspecified atom stereocenters. The molecule has 0 aliphatic rings. The van der Waals surface area contributed by atoms with Gasteiger partial charge in [0.25, 0.3) is 0 Å². The van der Waals surface area contributed by atoms with Gasteiger partial charge in [-0.1, -0.05) is 29.8 Å². The molecule has 0 heterocycles. The van der Waals surface area contributed by atoms with E-state index in [1.54, 1.807) is 44.6 Å². The van der Waals surface area contributed by atoms with E-state index in [1.165, 1.54) is 6.07 Å². The van der Waals surface area contributed by atoms with Crippen molar-refractivity contribution in [3.63, 3.8) is 0 Å². The molecule has 0 saturated carbocycles. The number of halogens is 2. The van der Waals surface area contributed by atoms with Crippen molar-refractivity contribution in [2.24, 2.45) is 0 Å². The number of anilines is 1. The maximum atomic E-state index is 13.8. The van der Waals surface area contributed by atoms with Crippen molar-refractivity contribution in [3.05, 3.63) is 52.8 Å². The van der Waals surface area contributed by atoms with E-state index in [1.807, 2.05) is 6.92 Å². The van der Waals surface area contributed by atoms with Crippen LogP contribution in [0.1, 0.15) is 18.5 Å². The first kappa shape index (κ1) is 15.4. The van der Waals surface area contributed by atoms with Gasteiger partial charge in [-0.15, -0.1) is 0 Å². The van der Waals surface area contributed by atoms with Crippen LogP contribution in [0.3, 0.4) is 0 Å². The van der Waals surface area contributed by atoms with Gasteiger partial charge in [0, 0.05) is 17.7 Å². The van der Waals surface area contributed by atoms with E-state index >= 15 is 0 Å². The third-order valence-electron chi connectivity index (χ3n) is 3.22. The summed E-state index contributed by atoms with van der Waals surface area (Å²) in [4.78, 5) is 0. The SMILES string of the molecule is COc1cc(Cl)c(NC(C)c2ccccc2F)cc1OC. The number of benzene rings is 2. The summed E-state index contributed by atoms with van der Waals surface area (Å²) in [6.07, 6.45) is 0. The molecule has 0 radical (unpaired) electrons. The van der Waals surface area contributed by atoms with Crippen molar-refractivity contribution in [1.29, 1.82) is 0 Å². The summed E-state index contributed by atoms with van der Waals surface area (Å²) in [6, 6.07) is 9.80. The van der Waals surface area contributed by atoms with Crippen LogP contribution in [0.15, 0.2) is 36.4 Å². The summed E-state index contributed by atoms with van der Waals surface area (Å²) in [5.74, 6) is 0.853. The molecule has 1 N–H and O–H groups in total. The largest absolute Gasteiger partial charge is 0.493 e. The zero-order valence-corrected chi connectivity index (χ0v) is 12.9. The first-order valence-electron chi connectivity index (χ1n) is 6.49. The standard InChI is InChI=1S/C16H17ClFNO2/c1-10(11-6-4-5-7-13(11)18)19-14-9-16(21-3)15(20-2)8-12(14)17/h4-10,19H,1-3H3. The van der Waals surface area contributed by atoms with E-state index < -0.39 is 0 Å². The summed E-state index contributed by atoms with van der Waals surface area (Å²) < 4.78 is 24.2. The van der Waals surface area contributed by atoms with Crippen molar-refractivity contribution in [3.8, 4) is 11.5 Å². The Bertz CT molecular complexity index is 634. The molecule has 2 aromatic rings. The van der Waals surface area contributed by atoms with Gasteiger partial charge < -0.3 is 14.8 Å². The molecular weight excluding hydrogens is 293 g/mol. The molecule has 0 spiro atoms. The first-order valence-corrected chi connectivity index (χ1v) is 6.87. The minimum absolute atomic E-state index is 0.234. The van der Waals surface area contributed by atoms with Crippen LogP contribution in [-0.2, 0) is 0 Å². The van der Waals surface area contributed by atoms with Gasteiger partial charge in [0.15, 0.2) is 11.5 Å². The average molecular weight is 310 g/mol. The normalized spacial score (nSPS) is 11.9. The molecule has 0 bridgehead atoms. The topological polar surface area (TPSA) is 30.5 Å². The van der Waals surface area contributed by atoms with Crippen molar-refractivity contribution >= 4 is 17.3 Å². The Morgan fingerprint density at radius 3 is 2.33 bits per heavy atom. The van der Waals surface area contributed by atoms with Crippen LogP contribution in [-0.4, -0.2) is 14.2 Å². The lowest BCUT2D eigenvalue weighted by molar-refractivity contribution is 0.355. The predicted molar refractivity (Wildman–Crippen MR) is 83.0 cm³/mol. The fourth-order valence-electron chi connectivity index (χ4n) is 2.10. The molecule has 21 heavy (non-hydrogen) atoms. The van der Waals surface area contributed by atoms with Crippen LogP contribution < -0.4 is 14.8 Å². The Hall–Kier alpha value is -1.94. The number of nitrogens with one attached hydrogen (secondary N) is 1. The second kappa shape index (κ2) is 6.68. The highest BCUT2D eigenvalue weighted by Crippen LogP contribution is 2.37. The van der Waals surface area contributed by atoms with E-state index in [0.29, 0.717) is 27.8 Å². The maximum absolute atomic E-state index is 13.8. The van der Waals surface area contributed by atoms with Crippen molar-refractivity contribution < 1.29 is 13.9 Å². The monoisotopic (exact) mass is 309 g/mol. The number of hydrogen-bond donors (Lipinski definition) is 1. The van der Waals surface area contributed by atoms with E-state index in [0.717, 1.165) is 0 Å². The van der Waals surface area contributed by atoms with Gasteiger partial charge >= 0.3 is 0 Å². The van der Waals surface area contributed by atoms with E-state index in [-0.39, 0.29) is 11.9 Å². The number of hydrogen-bond acceptors (Lipinski definition) is 3. The number of methoxy groups -OCH3 is 2. The van der Waals surface area contributed by atoms with Gasteiger partial charge in [-0.25, -0.2) is 4.39 Å². The molecule has 5 heteroatoms. The summed E-state index contributed by atoms with van der Waals surface area (Å²) in [5.41, 5.74) is 1.23. The van der Waals surface area contributed by atoms with E-state index in [4.69, 9.17) is 21.1 Å². The molecule has 0 amide bonds. The van der Waals surface area contributed by atoms with Gasteiger partial charge in [0.2, 0.25) is 0 Å². The van der Waals surface area contributed by atoms with Crippen molar-refractivity contribution in [2.75, 3.05) is 19.5 Å². The Balaban J connectivity index is 2.29. The predicted octanol–water partition coefficient (Wildman–Crippen LogP) is 4.67. The highest BCUT2D eigenvalue weighted by molar-refractivity contribution is 6.33. The lowest BCUT2D eigenvalue weighted by atomic mass is 10.1. The average Bonchev–Trinajstić information content (AvgIpc) is 2.49. The summed E-state index contributed by atoms with van der Waals surface area (Å²) in [6.45, 7) is 1.87. The zero-order chi connectivity index (χ0) is 15.4. The third kappa shape index (κ3) is 3.39. The molecule has 0 aliphatic carbocycles. The molecule has 2 aromatic carbocycles.